The van der Waals surface area contributed by atoms with Crippen molar-refractivity contribution in [3.63, 3.8) is 0 Å². The van der Waals surface area contributed by atoms with Gasteiger partial charge in [0.15, 0.2) is 11.5 Å². The molecule has 0 fully saturated rings. The number of fused-ring (bicyclic) bond motifs is 1. The number of carbonyl (C=O) groups is 2. The van der Waals surface area contributed by atoms with Crippen LogP contribution in [-0.4, -0.2) is 38.0 Å². The molecule has 27 heavy (non-hydrogen) atoms. The number of ether oxygens (including phenoxy) is 4. The zero-order valence-electron chi connectivity index (χ0n) is 15.2. The maximum absolute atomic E-state index is 12.7. The Morgan fingerprint density at radius 3 is 2.22 bits per heavy atom. The molecule has 1 heterocycles. The molecular weight excluding hydrogens is 350 g/mol. The molecule has 0 unspecified atom stereocenters. The summed E-state index contributed by atoms with van der Waals surface area (Å²) in [5, 5.41) is 0.615. The summed E-state index contributed by atoms with van der Waals surface area (Å²) in [4.78, 5) is 24.9. The minimum atomic E-state index is -0.693. The van der Waals surface area contributed by atoms with E-state index >= 15 is 0 Å². The van der Waals surface area contributed by atoms with Crippen LogP contribution >= 0.6 is 0 Å². The van der Waals surface area contributed by atoms with Crippen molar-refractivity contribution in [3.8, 4) is 11.5 Å². The lowest BCUT2D eigenvalue weighted by molar-refractivity contribution is 0.0585. The number of esters is 1. The largest absolute Gasteiger partial charge is 0.493 e. The van der Waals surface area contributed by atoms with Crippen LogP contribution in [0, 0.1) is 0 Å². The van der Waals surface area contributed by atoms with Crippen molar-refractivity contribution in [2.75, 3.05) is 21.3 Å². The van der Waals surface area contributed by atoms with Gasteiger partial charge in [-0.2, -0.15) is 0 Å². The number of hydrogen-bond donors (Lipinski definition) is 0. The van der Waals surface area contributed by atoms with Crippen molar-refractivity contribution in [1.29, 1.82) is 0 Å². The smallest absolute Gasteiger partial charge is 0.419 e. The predicted molar refractivity (Wildman–Crippen MR) is 98.4 cm³/mol. The van der Waals surface area contributed by atoms with Crippen molar-refractivity contribution >= 4 is 23.0 Å². The molecule has 0 amide bonds. The summed E-state index contributed by atoms with van der Waals surface area (Å²) in [7, 11) is 4.25. The lowest BCUT2D eigenvalue weighted by Gasteiger charge is -2.11. The molecule has 2 aromatic carbocycles. The quantitative estimate of drug-likeness (QED) is 0.639. The van der Waals surface area contributed by atoms with E-state index in [-0.39, 0.29) is 12.3 Å². The van der Waals surface area contributed by atoms with Crippen molar-refractivity contribution in [3.05, 3.63) is 59.8 Å². The molecule has 3 rings (SSSR count). The Balaban J connectivity index is 2.05. The van der Waals surface area contributed by atoms with Crippen LogP contribution in [0.4, 0.5) is 4.79 Å². The van der Waals surface area contributed by atoms with E-state index in [2.05, 4.69) is 0 Å². The van der Waals surface area contributed by atoms with E-state index in [0.29, 0.717) is 22.4 Å². The van der Waals surface area contributed by atoms with E-state index in [1.807, 2.05) is 30.3 Å². The van der Waals surface area contributed by atoms with Crippen LogP contribution in [0.25, 0.3) is 10.9 Å². The zero-order valence-corrected chi connectivity index (χ0v) is 15.2. The highest BCUT2D eigenvalue weighted by atomic mass is 16.6. The van der Waals surface area contributed by atoms with Gasteiger partial charge in [-0.15, -0.1) is 0 Å². The number of methoxy groups -OCH3 is 3. The van der Waals surface area contributed by atoms with Crippen LogP contribution in [0.5, 0.6) is 11.5 Å². The molecule has 0 saturated heterocycles. The number of carbonyl (C=O) groups excluding carboxylic acids is 2. The molecule has 7 heteroatoms. The monoisotopic (exact) mass is 369 g/mol. The van der Waals surface area contributed by atoms with Crippen molar-refractivity contribution in [2.45, 2.75) is 6.61 Å². The van der Waals surface area contributed by atoms with Crippen LogP contribution in [0.15, 0.2) is 48.5 Å². The number of aromatic nitrogens is 1. The summed E-state index contributed by atoms with van der Waals surface area (Å²) in [5.74, 6) is 0.258. The van der Waals surface area contributed by atoms with E-state index in [9.17, 15) is 9.59 Å². The second-order valence-electron chi connectivity index (χ2n) is 5.66. The summed E-state index contributed by atoms with van der Waals surface area (Å²) in [6.07, 6.45) is -0.693. The first-order chi connectivity index (χ1) is 13.1. The average Bonchev–Trinajstić information content (AvgIpc) is 3.09. The molecule has 1 aromatic heterocycles. The highest BCUT2D eigenvalue weighted by molar-refractivity contribution is 6.02. The number of rotatable bonds is 5. The summed E-state index contributed by atoms with van der Waals surface area (Å²) in [6, 6.07) is 14.1. The fourth-order valence-corrected chi connectivity index (χ4v) is 2.77. The van der Waals surface area contributed by atoms with E-state index in [1.54, 1.807) is 18.2 Å². The number of benzene rings is 2. The zero-order chi connectivity index (χ0) is 19.4. The first-order valence-electron chi connectivity index (χ1n) is 8.16. The van der Waals surface area contributed by atoms with Crippen LogP contribution in [0.2, 0.25) is 0 Å². The van der Waals surface area contributed by atoms with Gasteiger partial charge < -0.3 is 18.9 Å². The summed E-state index contributed by atoms with van der Waals surface area (Å²) in [6.45, 7) is 0.0766. The molecule has 0 aliphatic carbocycles. The van der Waals surface area contributed by atoms with Crippen LogP contribution < -0.4 is 9.47 Å². The van der Waals surface area contributed by atoms with Gasteiger partial charge in [0.1, 0.15) is 12.3 Å². The molecule has 0 bridgehead atoms. The standard InChI is InChI=1S/C20H19NO6/c1-24-17-10-14-9-16(19(22)26-3)21(15(14)11-18(17)25-2)20(23)27-12-13-7-5-4-6-8-13/h4-11H,12H2,1-3H3. The second-order valence-corrected chi connectivity index (χ2v) is 5.66. The van der Waals surface area contributed by atoms with Gasteiger partial charge in [-0.3, -0.25) is 0 Å². The summed E-state index contributed by atoms with van der Waals surface area (Å²) in [5.41, 5.74) is 1.34. The molecule has 0 N–H and O–H groups in total. The molecule has 7 nitrogen and oxygen atoms in total. The SMILES string of the molecule is COC(=O)c1cc2cc(OC)c(OC)cc2n1C(=O)OCc1ccccc1. The topological polar surface area (TPSA) is 76.0 Å². The maximum atomic E-state index is 12.7. The van der Waals surface area contributed by atoms with Crippen LogP contribution in [0.1, 0.15) is 16.1 Å². The Hall–Kier alpha value is -3.48. The van der Waals surface area contributed by atoms with E-state index < -0.39 is 12.1 Å². The average molecular weight is 369 g/mol. The third-order valence-electron chi connectivity index (χ3n) is 4.09. The minimum Gasteiger partial charge on any atom is -0.493 e. The Bertz CT molecular complexity index is 977. The van der Waals surface area contributed by atoms with Gasteiger partial charge in [-0.05, 0) is 17.7 Å². The molecule has 3 aromatic rings. The molecule has 0 radical (unpaired) electrons. The van der Waals surface area contributed by atoms with E-state index in [0.717, 1.165) is 5.56 Å². The van der Waals surface area contributed by atoms with Gasteiger partial charge in [0.2, 0.25) is 0 Å². The lowest BCUT2D eigenvalue weighted by atomic mass is 10.2. The Kier molecular flexibility index (Phi) is 5.30. The third kappa shape index (κ3) is 3.57. The van der Waals surface area contributed by atoms with Gasteiger partial charge in [0, 0.05) is 11.5 Å². The summed E-state index contributed by atoms with van der Waals surface area (Å²) < 4.78 is 21.9. The highest BCUT2D eigenvalue weighted by Crippen LogP contribution is 2.34. The molecule has 0 saturated carbocycles. The third-order valence-corrected chi connectivity index (χ3v) is 4.09. The highest BCUT2D eigenvalue weighted by Gasteiger charge is 2.23. The first-order valence-corrected chi connectivity index (χ1v) is 8.16. The number of nitrogens with zero attached hydrogens (tertiary/aromatic N) is 1. The van der Waals surface area contributed by atoms with E-state index in [4.69, 9.17) is 18.9 Å². The minimum absolute atomic E-state index is 0.0564. The van der Waals surface area contributed by atoms with Gasteiger partial charge in [-0.25, -0.2) is 14.2 Å². The summed E-state index contributed by atoms with van der Waals surface area (Å²) >= 11 is 0. The predicted octanol–water partition coefficient (Wildman–Crippen LogP) is 3.63. The van der Waals surface area contributed by atoms with Crippen molar-refractivity contribution < 1.29 is 28.5 Å². The molecule has 0 atom stereocenters. The lowest BCUT2D eigenvalue weighted by Crippen LogP contribution is -2.19. The van der Waals surface area contributed by atoms with Gasteiger partial charge in [0.05, 0.1) is 26.8 Å². The fourth-order valence-electron chi connectivity index (χ4n) is 2.77. The Morgan fingerprint density at radius 1 is 0.926 bits per heavy atom. The van der Waals surface area contributed by atoms with E-state index in [1.165, 1.54) is 25.9 Å². The van der Waals surface area contributed by atoms with Crippen LogP contribution in [-0.2, 0) is 16.1 Å². The Morgan fingerprint density at radius 2 is 1.59 bits per heavy atom. The van der Waals surface area contributed by atoms with Crippen molar-refractivity contribution in [2.24, 2.45) is 0 Å². The van der Waals surface area contributed by atoms with Gasteiger partial charge in [-0.1, -0.05) is 30.3 Å². The fraction of sp³-hybridized carbons (Fsp3) is 0.200. The normalized spacial score (nSPS) is 10.5. The van der Waals surface area contributed by atoms with Crippen LogP contribution in [0.3, 0.4) is 0 Å². The Labute approximate surface area is 156 Å². The first kappa shape index (κ1) is 18.3. The molecule has 140 valence electrons. The molecule has 0 aliphatic heterocycles. The van der Waals surface area contributed by atoms with Crippen molar-refractivity contribution in [1.82, 2.24) is 4.57 Å². The number of hydrogen-bond acceptors (Lipinski definition) is 6. The maximum Gasteiger partial charge on any atom is 0.419 e. The van der Waals surface area contributed by atoms with Gasteiger partial charge >= 0.3 is 12.1 Å². The molecular formula is C20H19NO6. The molecule has 0 spiro atoms. The second kappa shape index (κ2) is 7.82. The van der Waals surface area contributed by atoms with Gasteiger partial charge in [0.25, 0.3) is 0 Å². The molecule has 0 aliphatic rings.